The third-order valence-electron chi connectivity index (χ3n) is 3.34. The molecule has 0 aromatic heterocycles. The van der Waals surface area contributed by atoms with Crippen LogP contribution in [0.4, 0.5) is 9.59 Å². The molecule has 2 atom stereocenters. The van der Waals surface area contributed by atoms with E-state index in [-0.39, 0.29) is 26.7 Å². The van der Waals surface area contributed by atoms with Crippen LogP contribution >= 0.6 is 7.60 Å². The summed E-state index contributed by atoms with van der Waals surface area (Å²) >= 11 is 0. The maximum absolute atomic E-state index is 11.5. The van der Waals surface area contributed by atoms with Crippen LogP contribution in [-0.4, -0.2) is 84.8 Å². The highest BCUT2D eigenvalue weighted by Crippen LogP contribution is 2.36. The SMILES string of the molecule is C.C.CNC(=O)OC.CNC(=O)OC.COCC(C)C(=O)NCCCCCCOP(C)(=O)O. The summed E-state index contributed by atoms with van der Waals surface area (Å²) in [4.78, 5) is 40.1. The first-order valence-electron chi connectivity index (χ1n) is 9.71. The Morgan fingerprint density at radius 2 is 1.36 bits per heavy atom. The van der Waals surface area contributed by atoms with Crippen LogP contribution in [0.25, 0.3) is 0 Å². The van der Waals surface area contributed by atoms with E-state index >= 15 is 0 Å². The molecule has 12 nitrogen and oxygen atoms in total. The molecule has 0 aliphatic rings. The number of hydrogen-bond donors (Lipinski definition) is 4. The number of methoxy groups -OCH3 is 3. The molecule has 0 spiro atoms. The predicted molar refractivity (Wildman–Crippen MR) is 131 cm³/mol. The summed E-state index contributed by atoms with van der Waals surface area (Å²) in [6.45, 7) is 4.40. The standard InChI is InChI=1S/C12H26NO5P.2C3H7NO2.2CH4/c1-11(10-17-2)12(14)13-8-6-4-5-7-9-18-19(3,15)16;2*1-4-3(5)6-2;;/h11H,4-10H2,1-3H3,(H,13,14)(H,15,16);2*1-2H3,(H,4,5);2*1H4. The van der Waals surface area contributed by atoms with Crippen molar-refractivity contribution >= 4 is 25.7 Å². The minimum Gasteiger partial charge on any atom is -0.453 e. The van der Waals surface area contributed by atoms with Crippen LogP contribution in [0.15, 0.2) is 0 Å². The second-order valence-electron chi connectivity index (χ2n) is 6.18. The van der Waals surface area contributed by atoms with Crippen molar-refractivity contribution in [2.75, 3.05) is 61.8 Å². The molecule has 0 aliphatic carbocycles. The highest BCUT2D eigenvalue weighted by molar-refractivity contribution is 7.51. The minimum absolute atomic E-state index is 0. The third kappa shape index (κ3) is 37.7. The van der Waals surface area contributed by atoms with Crippen molar-refractivity contribution in [3.05, 3.63) is 0 Å². The fourth-order valence-corrected chi connectivity index (χ4v) is 2.20. The lowest BCUT2D eigenvalue weighted by Crippen LogP contribution is -2.32. The van der Waals surface area contributed by atoms with Gasteiger partial charge in [-0.15, -0.1) is 0 Å². The van der Waals surface area contributed by atoms with E-state index in [9.17, 15) is 18.9 Å². The number of alkyl carbamates (subject to hydrolysis) is 2. The quantitative estimate of drug-likeness (QED) is 0.244. The van der Waals surface area contributed by atoms with Crippen molar-refractivity contribution in [2.24, 2.45) is 5.92 Å². The molecule has 0 aromatic carbocycles. The Hall–Kier alpha value is -1.88. The lowest BCUT2D eigenvalue weighted by Gasteiger charge is -2.11. The second-order valence-corrected chi connectivity index (χ2v) is 8.05. The molecule has 0 aliphatic heterocycles. The summed E-state index contributed by atoms with van der Waals surface area (Å²) in [5.41, 5.74) is 0. The van der Waals surface area contributed by atoms with Crippen LogP contribution in [0.2, 0.25) is 0 Å². The number of unbranched alkanes of at least 4 members (excludes halogenated alkanes) is 3. The topological polar surface area (TPSA) is 162 Å². The summed E-state index contributed by atoms with van der Waals surface area (Å²) in [5.74, 6) is -0.112. The highest BCUT2D eigenvalue weighted by Gasteiger charge is 2.11. The summed E-state index contributed by atoms with van der Waals surface area (Å²) in [6, 6.07) is 0. The van der Waals surface area contributed by atoms with Gasteiger partial charge in [-0.25, -0.2) is 9.59 Å². The second kappa shape index (κ2) is 28.2. The molecular formula is C20H48N3O9P. The average molecular weight is 506 g/mol. The Morgan fingerprint density at radius 1 is 0.909 bits per heavy atom. The molecule has 0 heterocycles. The normalized spacial score (nSPS) is 11.6. The first kappa shape index (κ1) is 41.4. The van der Waals surface area contributed by atoms with Gasteiger partial charge in [-0.2, -0.15) is 0 Å². The molecular weight excluding hydrogens is 457 g/mol. The Labute approximate surface area is 200 Å². The Balaban J connectivity index is -0.000000155. The number of amides is 3. The van der Waals surface area contributed by atoms with Gasteiger partial charge in [0.2, 0.25) is 5.91 Å². The van der Waals surface area contributed by atoms with Gasteiger partial charge in [0.25, 0.3) is 0 Å². The van der Waals surface area contributed by atoms with Gasteiger partial charge in [-0.1, -0.05) is 34.6 Å². The van der Waals surface area contributed by atoms with E-state index in [1.165, 1.54) is 35.0 Å². The van der Waals surface area contributed by atoms with E-state index in [0.717, 1.165) is 25.7 Å². The van der Waals surface area contributed by atoms with Gasteiger partial charge in [0, 0.05) is 34.4 Å². The van der Waals surface area contributed by atoms with E-state index in [4.69, 9.17) is 14.2 Å². The summed E-state index contributed by atoms with van der Waals surface area (Å²) < 4.78 is 28.8. The molecule has 0 fully saturated rings. The van der Waals surface area contributed by atoms with Crippen molar-refractivity contribution in [2.45, 2.75) is 47.5 Å². The molecule has 0 saturated carbocycles. The molecule has 0 rings (SSSR count). The molecule has 0 radical (unpaired) electrons. The van der Waals surface area contributed by atoms with E-state index in [1.54, 1.807) is 7.11 Å². The molecule has 0 aromatic rings. The average Bonchev–Trinajstić information content (AvgIpc) is 2.74. The zero-order valence-electron chi connectivity index (χ0n) is 19.7. The van der Waals surface area contributed by atoms with E-state index in [0.29, 0.717) is 19.8 Å². The van der Waals surface area contributed by atoms with Crippen molar-refractivity contribution < 1.29 is 42.6 Å². The minimum atomic E-state index is -3.33. The fourth-order valence-electron chi connectivity index (χ4n) is 1.73. The number of rotatable bonds is 11. The van der Waals surface area contributed by atoms with Gasteiger partial charge in [0.1, 0.15) is 0 Å². The van der Waals surface area contributed by atoms with Crippen molar-refractivity contribution in [3.63, 3.8) is 0 Å². The number of hydrogen-bond acceptors (Lipinski definition) is 8. The van der Waals surface area contributed by atoms with Crippen LogP contribution < -0.4 is 16.0 Å². The van der Waals surface area contributed by atoms with Gasteiger partial charge >= 0.3 is 19.8 Å². The molecule has 2 unspecified atom stereocenters. The molecule has 0 saturated heterocycles. The summed E-state index contributed by atoms with van der Waals surface area (Å²) in [7, 11) is 3.90. The Morgan fingerprint density at radius 3 is 1.70 bits per heavy atom. The number of carbonyl (C=O) groups is 3. The number of ether oxygens (including phenoxy) is 3. The lowest BCUT2D eigenvalue weighted by molar-refractivity contribution is -0.125. The van der Waals surface area contributed by atoms with E-state index in [2.05, 4.69) is 25.4 Å². The molecule has 202 valence electrons. The molecule has 13 heteroatoms. The first-order chi connectivity index (χ1) is 14.5. The monoisotopic (exact) mass is 505 g/mol. The largest absolute Gasteiger partial charge is 0.453 e. The van der Waals surface area contributed by atoms with Crippen LogP contribution in [0.1, 0.15) is 47.5 Å². The van der Waals surface area contributed by atoms with Crippen molar-refractivity contribution in [3.8, 4) is 0 Å². The predicted octanol–water partition coefficient (Wildman–Crippen LogP) is 2.99. The fraction of sp³-hybridized carbons (Fsp3) is 0.850. The molecule has 33 heavy (non-hydrogen) atoms. The summed E-state index contributed by atoms with van der Waals surface area (Å²) in [5, 5.41) is 7.35. The van der Waals surface area contributed by atoms with Crippen LogP contribution in [0.5, 0.6) is 0 Å². The van der Waals surface area contributed by atoms with Gasteiger partial charge in [-0.05, 0) is 12.8 Å². The molecule has 3 amide bonds. The van der Waals surface area contributed by atoms with Crippen molar-refractivity contribution in [1.29, 1.82) is 0 Å². The number of carbonyl (C=O) groups excluding carboxylic acids is 3. The molecule has 4 N–H and O–H groups in total. The zero-order chi connectivity index (χ0) is 24.7. The van der Waals surface area contributed by atoms with Crippen LogP contribution in [0.3, 0.4) is 0 Å². The zero-order valence-corrected chi connectivity index (χ0v) is 20.6. The smallest absolute Gasteiger partial charge is 0.406 e. The van der Waals surface area contributed by atoms with E-state index < -0.39 is 19.8 Å². The maximum Gasteiger partial charge on any atom is 0.406 e. The summed E-state index contributed by atoms with van der Waals surface area (Å²) in [6.07, 6.45) is 2.72. The number of nitrogens with one attached hydrogen (secondary N) is 3. The van der Waals surface area contributed by atoms with Gasteiger partial charge in [-0.3, -0.25) is 9.36 Å². The van der Waals surface area contributed by atoms with Gasteiger partial charge in [0.15, 0.2) is 0 Å². The van der Waals surface area contributed by atoms with Crippen LogP contribution in [0, 0.1) is 5.92 Å². The third-order valence-corrected chi connectivity index (χ3v) is 4.01. The van der Waals surface area contributed by atoms with E-state index in [1.807, 2.05) is 6.92 Å². The maximum atomic E-state index is 11.5. The van der Waals surface area contributed by atoms with Crippen molar-refractivity contribution in [1.82, 2.24) is 16.0 Å². The Kier molecular flexibility index (Phi) is 35.3. The molecule has 0 bridgehead atoms. The Bertz CT molecular complexity index is 489. The van der Waals surface area contributed by atoms with Crippen LogP contribution in [-0.2, 0) is 28.1 Å². The van der Waals surface area contributed by atoms with Gasteiger partial charge in [0.05, 0.1) is 33.4 Å². The first-order valence-corrected chi connectivity index (χ1v) is 11.7. The van der Waals surface area contributed by atoms with Gasteiger partial charge < -0.3 is 39.6 Å². The lowest BCUT2D eigenvalue weighted by atomic mass is 10.1. The highest BCUT2D eigenvalue weighted by atomic mass is 31.2.